The Labute approximate surface area is 95.6 Å². The minimum atomic E-state index is -1.98. The second-order valence-electron chi connectivity index (χ2n) is 4.17. The van der Waals surface area contributed by atoms with Crippen LogP contribution in [0.15, 0.2) is 0 Å². The number of rotatable bonds is 8. The van der Waals surface area contributed by atoms with Gasteiger partial charge in [0.05, 0.1) is 0 Å². The highest BCUT2D eigenvalue weighted by Crippen LogP contribution is 2.25. The molecule has 15 heavy (non-hydrogen) atoms. The van der Waals surface area contributed by atoms with Crippen LogP contribution in [0.1, 0.15) is 34.6 Å². The van der Waals surface area contributed by atoms with Crippen molar-refractivity contribution in [3.8, 4) is 0 Å². The highest BCUT2D eigenvalue weighted by atomic mass is 28.4. The predicted octanol–water partition coefficient (Wildman–Crippen LogP) is 2.50. The van der Waals surface area contributed by atoms with Crippen molar-refractivity contribution >= 4 is 8.56 Å². The molecule has 2 N–H and O–H groups in total. The van der Waals surface area contributed by atoms with Crippen molar-refractivity contribution in [3.05, 3.63) is 0 Å². The van der Waals surface area contributed by atoms with Crippen LogP contribution in [0.5, 0.6) is 0 Å². The third kappa shape index (κ3) is 5.11. The van der Waals surface area contributed by atoms with Gasteiger partial charge in [-0.25, -0.2) is 0 Å². The zero-order valence-electron chi connectivity index (χ0n) is 10.9. The largest absolute Gasteiger partial charge is 0.394 e. The summed E-state index contributed by atoms with van der Waals surface area (Å²) in [6.45, 7) is 11.9. The fraction of sp³-hybridized carbons (Fsp3) is 1.00. The molecule has 0 bridgehead atoms. The molecule has 4 heteroatoms. The number of nitrogens with two attached hydrogens (primary N) is 1. The Bertz CT molecular complexity index is 159. The molecule has 0 spiro atoms. The fourth-order valence-electron chi connectivity index (χ4n) is 1.71. The molecule has 2 atom stereocenters. The third-order valence-electron chi connectivity index (χ3n) is 2.88. The van der Waals surface area contributed by atoms with E-state index in [4.69, 9.17) is 14.6 Å². The van der Waals surface area contributed by atoms with E-state index >= 15 is 0 Å². The predicted molar refractivity (Wildman–Crippen MR) is 67.1 cm³/mol. The second-order valence-corrected chi connectivity index (χ2v) is 7.68. The summed E-state index contributed by atoms with van der Waals surface area (Å²) >= 11 is 0. The topological polar surface area (TPSA) is 44.5 Å². The van der Waals surface area contributed by atoms with Crippen LogP contribution in [0.3, 0.4) is 0 Å². The summed E-state index contributed by atoms with van der Waals surface area (Å²) in [5.41, 5.74) is 5.90. The average molecular weight is 233 g/mol. The highest BCUT2D eigenvalue weighted by molar-refractivity contribution is 6.67. The Kier molecular flexibility index (Phi) is 7.43. The van der Waals surface area contributed by atoms with Crippen LogP contribution < -0.4 is 5.73 Å². The van der Waals surface area contributed by atoms with Gasteiger partial charge in [0.25, 0.3) is 0 Å². The lowest BCUT2D eigenvalue weighted by Crippen LogP contribution is -2.45. The second kappa shape index (κ2) is 7.38. The van der Waals surface area contributed by atoms with Crippen molar-refractivity contribution in [1.29, 1.82) is 0 Å². The third-order valence-corrected chi connectivity index (χ3v) is 6.86. The van der Waals surface area contributed by atoms with Crippen molar-refractivity contribution in [2.75, 3.05) is 13.2 Å². The molecule has 2 unspecified atom stereocenters. The van der Waals surface area contributed by atoms with Gasteiger partial charge in [-0.3, -0.25) is 0 Å². The Morgan fingerprint density at radius 2 is 1.53 bits per heavy atom. The smallest absolute Gasteiger partial charge is 0.338 e. The summed E-state index contributed by atoms with van der Waals surface area (Å²) < 4.78 is 11.8. The molecule has 0 saturated carbocycles. The van der Waals surface area contributed by atoms with Crippen LogP contribution >= 0.6 is 0 Å². The van der Waals surface area contributed by atoms with E-state index in [1.165, 1.54) is 0 Å². The Hall–Kier alpha value is 0.0969. The molecule has 0 saturated heterocycles. The van der Waals surface area contributed by atoms with E-state index < -0.39 is 8.56 Å². The summed E-state index contributed by atoms with van der Waals surface area (Å²) in [4.78, 5) is 0. The Morgan fingerprint density at radius 1 is 1.07 bits per heavy atom. The van der Waals surface area contributed by atoms with Gasteiger partial charge in [-0.1, -0.05) is 13.8 Å². The van der Waals surface area contributed by atoms with Crippen molar-refractivity contribution in [2.45, 2.75) is 52.7 Å². The van der Waals surface area contributed by atoms with E-state index in [0.29, 0.717) is 5.92 Å². The first kappa shape index (κ1) is 15.1. The lowest BCUT2D eigenvalue weighted by molar-refractivity contribution is 0.177. The first-order valence-corrected chi connectivity index (χ1v) is 8.27. The molecule has 0 aromatic rings. The summed E-state index contributed by atoms with van der Waals surface area (Å²) in [5, 5.41) is 0. The van der Waals surface area contributed by atoms with Crippen molar-refractivity contribution < 1.29 is 8.85 Å². The van der Waals surface area contributed by atoms with Crippen LogP contribution in [-0.2, 0) is 8.85 Å². The SMILES string of the molecule is CCO[Si](CC)(CC(C)C(C)N)OCC. The van der Waals surface area contributed by atoms with Crippen LogP contribution in [0.4, 0.5) is 0 Å². The van der Waals surface area contributed by atoms with Gasteiger partial charge in [0.15, 0.2) is 0 Å². The van der Waals surface area contributed by atoms with Crippen molar-refractivity contribution in [2.24, 2.45) is 11.7 Å². The maximum atomic E-state index is 5.90. The van der Waals surface area contributed by atoms with E-state index in [0.717, 1.165) is 25.3 Å². The van der Waals surface area contributed by atoms with Crippen LogP contribution in [0.25, 0.3) is 0 Å². The van der Waals surface area contributed by atoms with Crippen molar-refractivity contribution in [1.82, 2.24) is 0 Å². The maximum absolute atomic E-state index is 5.90. The van der Waals surface area contributed by atoms with Crippen molar-refractivity contribution in [3.63, 3.8) is 0 Å². The molecule has 0 aromatic carbocycles. The van der Waals surface area contributed by atoms with Gasteiger partial charge in [0.2, 0.25) is 0 Å². The van der Waals surface area contributed by atoms with E-state index in [1.807, 2.05) is 13.8 Å². The zero-order chi connectivity index (χ0) is 11.9. The highest BCUT2D eigenvalue weighted by Gasteiger charge is 2.37. The van der Waals surface area contributed by atoms with Gasteiger partial charge in [0.1, 0.15) is 0 Å². The van der Waals surface area contributed by atoms with E-state index in [-0.39, 0.29) is 6.04 Å². The van der Waals surface area contributed by atoms with Gasteiger partial charge in [0, 0.05) is 19.3 Å². The minimum absolute atomic E-state index is 0.212. The van der Waals surface area contributed by atoms with Gasteiger partial charge in [-0.15, -0.1) is 0 Å². The fourth-order valence-corrected chi connectivity index (χ4v) is 5.13. The normalized spacial score (nSPS) is 16.4. The van der Waals surface area contributed by atoms with E-state index in [2.05, 4.69) is 20.8 Å². The molecular weight excluding hydrogens is 206 g/mol. The molecule has 0 aliphatic rings. The molecule has 0 aromatic heterocycles. The summed E-state index contributed by atoms with van der Waals surface area (Å²) in [5.74, 6) is 0.467. The summed E-state index contributed by atoms with van der Waals surface area (Å²) in [7, 11) is -1.98. The average Bonchev–Trinajstić information content (AvgIpc) is 2.18. The molecule has 0 amide bonds. The summed E-state index contributed by atoms with van der Waals surface area (Å²) in [6, 6.07) is 2.22. The molecule has 0 radical (unpaired) electrons. The molecule has 0 heterocycles. The quantitative estimate of drug-likeness (QED) is 0.655. The molecule has 0 aliphatic heterocycles. The molecule has 0 rings (SSSR count). The molecule has 3 nitrogen and oxygen atoms in total. The standard InChI is InChI=1S/C11H27NO2Si/c1-6-13-15(8-3,14-7-2)9-10(4)11(5)12/h10-11H,6-9,12H2,1-5H3. The Balaban J connectivity index is 4.44. The van der Waals surface area contributed by atoms with Gasteiger partial charge >= 0.3 is 8.56 Å². The first-order chi connectivity index (χ1) is 7.01. The first-order valence-electron chi connectivity index (χ1n) is 6.04. The number of hydrogen-bond donors (Lipinski definition) is 1. The van der Waals surface area contributed by atoms with Gasteiger partial charge in [-0.2, -0.15) is 0 Å². The van der Waals surface area contributed by atoms with Gasteiger partial charge in [-0.05, 0) is 38.8 Å². The van der Waals surface area contributed by atoms with Crippen LogP contribution in [-0.4, -0.2) is 27.8 Å². The molecule has 0 fully saturated rings. The molecular formula is C11H27NO2Si. The van der Waals surface area contributed by atoms with Crippen LogP contribution in [0, 0.1) is 5.92 Å². The molecule has 0 aliphatic carbocycles. The van der Waals surface area contributed by atoms with E-state index in [1.54, 1.807) is 0 Å². The maximum Gasteiger partial charge on any atom is 0.338 e. The zero-order valence-corrected chi connectivity index (χ0v) is 11.9. The lowest BCUT2D eigenvalue weighted by atomic mass is 10.1. The van der Waals surface area contributed by atoms with Gasteiger partial charge < -0.3 is 14.6 Å². The Morgan fingerprint density at radius 3 is 1.80 bits per heavy atom. The summed E-state index contributed by atoms with van der Waals surface area (Å²) in [6.07, 6.45) is 0. The monoisotopic (exact) mass is 233 g/mol. The molecule has 92 valence electrons. The van der Waals surface area contributed by atoms with E-state index in [9.17, 15) is 0 Å². The number of hydrogen-bond acceptors (Lipinski definition) is 3. The van der Waals surface area contributed by atoms with Crippen LogP contribution in [0.2, 0.25) is 12.1 Å². The lowest BCUT2D eigenvalue weighted by Gasteiger charge is -2.32. The minimum Gasteiger partial charge on any atom is -0.394 e.